The number of hydrogen-bond acceptors (Lipinski definition) is 2. The molecule has 0 saturated heterocycles. The molecule has 0 saturated carbocycles. The highest BCUT2D eigenvalue weighted by atomic mass is 16.2. The second-order valence-electron chi connectivity index (χ2n) is 5.10. The van der Waals surface area contributed by atoms with Crippen LogP contribution in [0.3, 0.4) is 0 Å². The first kappa shape index (κ1) is 15.8. The number of aryl methyl sites for hydroxylation is 1. The third-order valence-electron chi connectivity index (χ3n) is 3.25. The highest BCUT2D eigenvalue weighted by Crippen LogP contribution is 2.05. The van der Waals surface area contributed by atoms with Crippen LogP contribution in [0, 0.1) is 6.92 Å². The van der Waals surface area contributed by atoms with Crippen molar-refractivity contribution in [2.75, 3.05) is 0 Å². The van der Waals surface area contributed by atoms with Crippen LogP contribution in [0.1, 0.15) is 22.3 Å². The van der Waals surface area contributed by atoms with Crippen LogP contribution in [0.15, 0.2) is 54.7 Å². The Labute approximate surface area is 131 Å². The van der Waals surface area contributed by atoms with E-state index in [1.807, 2.05) is 61.5 Å². The van der Waals surface area contributed by atoms with Crippen molar-refractivity contribution in [2.45, 2.75) is 20.0 Å². The first-order valence-corrected chi connectivity index (χ1v) is 7.23. The third kappa shape index (κ3) is 5.07. The molecular weight excluding hydrogens is 274 g/mol. The molecule has 0 aromatic heterocycles. The van der Waals surface area contributed by atoms with Crippen molar-refractivity contribution in [1.29, 1.82) is 0 Å². The van der Waals surface area contributed by atoms with Gasteiger partial charge in [0.25, 0.3) is 0 Å². The summed E-state index contributed by atoms with van der Waals surface area (Å²) < 4.78 is 0. The molecule has 114 valence electrons. The number of benzene rings is 2. The van der Waals surface area contributed by atoms with Gasteiger partial charge in [-0.1, -0.05) is 54.1 Å². The molecule has 0 fully saturated rings. The van der Waals surface area contributed by atoms with Gasteiger partial charge >= 0.3 is 6.03 Å². The van der Waals surface area contributed by atoms with Crippen molar-refractivity contribution in [1.82, 2.24) is 10.6 Å². The van der Waals surface area contributed by atoms with Gasteiger partial charge in [-0.3, -0.25) is 0 Å². The van der Waals surface area contributed by atoms with E-state index >= 15 is 0 Å². The summed E-state index contributed by atoms with van der Waals surface area (Å²) in [4.78, 5) is 11.7. The Hall–Kier alpha value is -2.59. The summed E-state index contributed by atoms with van der Waals surface area (Å²) in [6.07, 6.45) is 3.49. The van der Waals surface area contributed by atoms with Crippen LogP contribution in [-0.4, -0.2) is 6.03 Å². The molecule has 22 heavy (non-hydrogen) atoms. The minimum Gasteiger partial charge on any atom is -0.334 e. The zero-order chi connectivity index (χ0) is 15.8. The lowest BCUT2D eigenvalue weighted by Gasteiger charge is -2.06. The predicted molar refractivity (Wildman–Crippen MR) is 89.9 cm³/mol. The van der Waals surface area contributed by atoms with Gasteiger partial charge < -0.3 is 16.4 Å². The average Bonchev–Trinajstić information content (AvgIpc) is 2.55. The van der Waals surface area contributed by atoms with Crippen LogP contribution >= 0.6 is 0 Å². The van der Waals surface area contributed by atoms with Gasteiger partial charge in [0, 0.05) is 19.3 Å². The Kier molecular flexibility index (Phi) is 5.74. The van der Waals surface area contributed by atoms with Crippen molar-refractivity contribution in [3.05, 3.63) is 77.0 Å². The molecule has 0 heterocycles. The highest BCUT2D eigenvalue weighted by molar-refractivity contribution is 5.75. The van der Waals surface area contributed by atoms with E-state index in [9.17, 15) is 4.79 Å². The van der Waals surface area contributed by atoms with Crippen LogP contribution < -0.4 is 16.4 Å². The number of nitrogens with two attached hydrogens (primary N) is 1. The Morgan fingerprint density at radius 1 is 1.14 bits per heavy atom. The largest absolute Gasteiger partial charge is 0.334 e. The fraction of sp³-hybridized carbons (Fsp3) is 0.167. The number of nitrogens with one attached hydrogen (secondary N) is 2. The van der Waals surface area contributed by atoms with Crippen molar-refractivity contribution in [3.63, 3.8) is 0 Å². The van der Waals surface area contributed by atoms with E-state index in [0.717, 1.165) is 16.7 Å². The molecule has 0 atom stereocenters. The zero-order valence-electron chi connectivity index (χ0n) is 12.7. The van der Waals surface area contributed by atoms with Crippen molar-refractivity contribution >= 4 is 12.1 Å². The molecule has 0 spiro atoms. The van der Waals surface area contributed by atoms with E-state index in [1.165, 1.54) is 5.56 Å². The molecule has 0 aliphatic heterocycles. The van der Waals surface area contributed by atoms with Gasteiger partial charge in [0.2, 0.25) is 0 Å². The molecule has 4 N–H and O–H groups in total. The average molecular weight is 295 g/mol. The molecule has 0 bridgehead atoms. The van der Waals surface area contributed by atoms with E-state index in [2.05, 4.69) is 10.6 Å². The van der Waals surface area contributed by atoms with E-state index in [4.69, 9.17) is 5.73 Å². The molecular formula is C18H21N3O. The van der Waals surface area contributed by atoms with Gasteiger partial charge in [0.05, 0.1) is 0 Å². The number of amides is 2. The summed E-state index contributed by atoms with van der Waals surface area (Å²) in [5, 5.41) is 5.49. The number of rotatable bonds is 5. The lowest BCUT2D eigenvalue weighted by molar-refractivity contribution is 0.244. The predicted octanol–water partition coefficient (Wildman–Crippen LogP) is 2.92. The van der Waals surface area contributed by atoms with Gasteiger partial charge in [-0.05, 0) is 29.7 Å². The van der Waals surface area contributed by atoms with Crippen molar-refractivity contribution in [2.24, 2.45) is 5.73 Å². The number of carbonyl (C=O) groups excluding carboxylic acids is 1. The molecule has 2 amide bonds. The second kappa shape index (κ2) is 8.00. The monoisotopic (exact) mass is 295 g/mol. The lowest BCUT2D eigenvalue weighted by Crippen LogP contribution is -2.31. The molecule has 0 radical (unpaired) electrons. The van der Waals surface area contributed by atoms with Gasteiger partial charge in [-0.15, -0.1) is 0 Å². The van der Waals surface area contributed by atoms with Gasteiger partial charge in [0.15, 0.2) is 0 Å². The van der Waals surface area contributed by atoms with Crippen molar-refractivity contribution < 1.29 is 4.79 Å². The van der Waals surface area contributed by atoms with Crippen LogP contribution in [0.2, 0.25) is 0 Å². The molecule has 4 nitrogen and oxygen atoms in total. The fourth-order valence-corrected chi connectivity index (χ4v) is 1.99. The zero-order valence-corrected chi connectivity index (χ0v) is 12.7. The first-order valence-electron chi connectivity index (χ1n) is 7.23. The summed E-state index contributed by atoms with van der Waals surface area (Å²) in [7, 11) is 0. The number of urea groups is 1. The first-order chi connectivity index (χ1) is 10.7. The second-order valence-corrected chi connectivity index (χ2v) is 5.10. The summed E-state index contributed by atoms with van der Waals surface area (Å²) in [6, 6.07) is 15.7. The Morgan fingerprint density at radius 2 is 1.86 bits per heavy atom. The highest BCUT2D eigenvalue weighted by Gasteiger charge is 1.99. The van der Waals surface area contributed by atoms with Gasteiger partial charge in [-0.2, -0.15) is 0 Å². The molecule has 2 aromatic rings. The molecule has 2 rings (SSSR count). The van der Waals surface area contributed by atoms with Crippen molar-refractivity contribution in [3.8, 4) is 0 Å². The Morgan fingerprint density at radius 3 is 2.59 bits per heavy atom. The maximum Gasteiger partial charge on any atom is 0.319 e. The molecule has 0 aliphatic rings. The fourth-order valence-electron chi connectivity index (χ4n) is 1.99. The SMILES string of the molecule is Cc1ccc(/C=C/NC(=O)NCc2cccc(CN)c2)cc1. The van der Waals surface area contributed by atoms with Crippen LogP contribution in [0.25, 0.3) is 6.08 Å². The van der Waals surface area contributed by atoms with E-state index in [0.29, 0.717) is 13.1 Å². The molecule has 2 aromatic carbocycles. The third-order valence-corrected chi connectivity index (χ3v) is 3.25. The topological polar surface area (TPSA) is 67.2 Å². The summed E-state index contributed by atoms with van der Waals surface area (Å²) >= 11 is 0. The molecule has 0 unspecified atom stereocenters. The minimum atomic E-state index is -0.235. The Bertz CT molecular complexity index is 648. The van der Waals surface area contributed by atoms with E-state index in [-0.39, 0.29) is 6.03 Å². The van der Waals surface area contributed by atoms with E-state index < -0.39 is 0 Å². The van der Waals surface area contributed by atoms with E-state index in [1.54, 1.807) is 6.20 Å². The van der Waals surface area contributed by atoms with Crippen LogP contribution in [0.4, 0.5) is 4.79 Å². The van der Waals surface area contributed by atoms with Crippen LogP contribution in [-0.2, 0) is 13.1 Å². The standard InChI is InChI=1S/C18H21N3O/c1-14-5-7-15(8-6-14)9-10-20-18(22)21-13-17-4-2-3-16(11-17)12-19/h2-11H,12-13,19H2,1H3,(H2,20,21,22)/b10-9+. The van der Waals surface area contributed by atoms with Crippen LogP contribution in [0.5, 0.6) is 0 Å². The maximum atomic E-state index is 11.7. The maximum absolute atomic E-state index is 11.7. The Balaban J connectivity index is 1.79. The normalized spacial score (nSPS) is 10.6. The number of carbonyl (C=O) groups is 1. The quantitative estimate of drug-likeness (QED) is 0.794. The summed E-state index contributed by atoms with van der Waals surface area (Å²) in [6.45, 7) is 3.01. The van der Waals surface area contributed by atoms with Gasteiger partial charge in [0.1, 0.15) is 0 Å². The number of hydrogen-bond donors (Lipinski definition) is 3. The molecule has 4 heteroatoms. The minimum absolute atomic E-state index is 0.235. The molecule has 0 aliphatic carbocycles. The van der Waals surface area contributed by atoms with Gasteiger partial charge in [-0.25, -0.2) is 4.79 Å². The smallest absolute Gasteiger partial charge is 0.319 e. The lowest BCUT2D eigenvalue weighted by atomic mass is 10.1. The summed E-state index contributed by atoms with van der Waals surface area (Å²) in [5.41, 5.74) is 9.93. The summed E-state index contributed by atoms with van der Waals surface area (Å²) in [5.74, 6) is 0.